The standard InChI is InChI=1S/C28H24INO7/c1-35-21-12-4-17(5-13-21)25-24(26(32)18-6-14-22(36-2)15-7-18)27(33)28(34,16-23(31)37-3)30(25)20-10-8-19(29)9-11-20/h4-15,34H,16H2,1-3H3. The number of carbonyl (C=O) groups is 3. The van der Waals surface area contributed by atoms with Crippen LogP contribution in [0, 0.1) is 3.57 Å². The molecule has 1 aliphatic rings. The second-order valence-electron chi connectivity index (χ2n) is 8.22. The van der Waals surface area contributed by atoms with Gasteiger partial charge in [-0.25, -0.2) is 0 Å². The van der Waals surface area contributed by atoms with Crippen LogP contribution in [0.25, 0.3) is 5.70 Å². The number of ether oxygens (including phenoxy) is 3. The number of carbonyl (C=O) groups excluding carboxylic acids is 3. The van der Waals surface area contributed by atoms with Gasteiger partial charge in [-0.05, 0) is 101 Å². The van der Waals surface area contributed by atoms with Crippen molar-refractivity contribution in [1.29, 1.82) is 0 Å². The van der Waals surface area contributed by atoms with Crippen LogP contribution in [0.3, 0.4) is 0 Å². The number of anilines is 1. The molecule has 3 aromatic rings. The van der Waals surface area contributed by atoms with Gasteiger partial charge in [0.1, 0.15) is 17.9 Å². The third kappa shape index (κ3) is 4.96. The first-order valence-electron chi connectivity index (χ1n) is 11.2. The van der Waals surface area contributed by atoms with Gasteiger partial charge in [0.05, 0.1) is 32.6 Å². The van der Waals surface area contributed by atoms with Crippen molar-refractivity contribution in [3.63, 3.8) is 0 Å². The maximum atomic E-state index is 13.9. The van der Waals surface area contributed by atoms with Crippen LogP contribution in [0.15, 0.2) is 78.4 Å². The Hall–Kier alpha value is -3.70. The first-order valence-corrected chi connectivity index (χ1v) is 12.3. The summed E-state index contributed by atoms with van der Waals surface area (Å²) in [6.45, 7) is 0. The van der Waals surface area contributed by atoms with Gasteiger partial charge in [-0.15, -0.1) is 0 Å². The Morgan fingerprint density at radius 3 is 1.92 bits per heavy atom. The molecule has 0 saturated carbocycles. The lowest BCUT2D eigenvalue weighted by atomic mass is 9.93. The maximum absolute atomic E-state index is 13.9. The predicted molar refractivity (Wildman–Crippen MR) is 145 cm³/mol. The van der Waals surface area contributed by atoms with Gasteiger partial charge in [0.15, 0.2) is 5.78 Å². The molecule has 190 valence electrons. The number of esters is 1. The van der Waals surface area contributed by atoms with Crippen LogP contribution >= 0.6 is 22.6 Å². The minimum Gasteiger partial charge on any atom is -0.497 e. The molecule has 1 unspecified atom stereocenters. The van der Waals surface area contributed by atoms with E-state index in [1.165, 1.54) is 26.2 Å². The summed E-state index contributed by atoms with van der Waals surface area (Å²) in [6, 6.07) is 20.1. The van der Waals surface area contributed by atoms with E-state index in [0.717, 1.165) is 3.57 Å². The first kappa shape index (κ1) is 26.4. The number of ketones is 2. The van der Waals surface area contributed by atoms with Crippen LogP contribution in [0.5, 0.6) is 11.5 Å². The van der Waals surface area contributed by atoms with Crippen LogP contribution in [0.2, 0.25) is 0 Å². The Morgan fingerprint density at radius 2 is 1.41 bits per heavy atom. The largest absolute Gasteiger partial charge is 0.497 e. The lowest BCUT2D eigenvalue weighted by molar-refractivity contribution is -0.150. The molecular weight excluding hydrogens is 589 g/mol. The molecule has 1 heterocycles. The molecule has 4 rings (SSSR count). The van der Waals surface area contributed by atoms with E-state index in [1.807, 2.05) is 0 Å². The number of nitrogens with zero attached hydrogens (tertiary/aromatic N) is 1. The third-order valence-electron chi connectivity index (χ3n) is 6.07. The van der Waals surface area contributed by atoms with E-state index in [-0.39, 0.29) is 16.8 Å². The van der Waals surface area contributed by atoms with Crippen LogP contribution in [-0.2, 0) is 14.3 Å². The zero-order chi connectivity index (χ0) is 26.7. The number of aliphatic hydroxyl groups is 1. The van der Waals surface area contributed by atoms with E-state index in [2.05, 4.69) is 22.6 Å². The highest BCUT2D eigenvalue weighted by atomic mass is 127. The smallest absolute Gasteiger partial charge is 0.310 e. The highest BCUT2D eigenvalue weighted by Crippen LogP contribution is 2.45. The van der Waals surface area contributed by atoms with Gasteiger partial charge < -0.3 is 24.2 Å². The molecule has 9 heteroatoms. The minimum atomic E-state index is -2.40. The van der Waals surface area contributed by atoms with E-state index in [9.17, 15) is 19.5 Å². The second kappa shape index (κ2) is 10.7. The fourth-order valence-electron chi connectivity index (χ4n) is 4.19. The van der Waals surface area contributed by atoms with E-state index in [4.69, 9.17) is 14.2 Å². The van der Waals surface area contributed by atoms with Gasteiger partial charge in [0.25, 0.3) is 0 Å². The van der Waals surface area contributed by atoms with E-state index < -0.39 is 29.7 Å². The number of halogens is 1. The fourth-order valence-corrected chi connectivity index (χ4v) is 4.55. The Labute approximate surface area is 227 Å². The summed E-state index contributed by atoms with van der Waals surface area (Å²) in [5.74, 6) is -1.19. The monoisotopic (exact) mass is 613 g/mol. The maximum Gasteiger partial charge on any atom is 0.310 e. The average Bonchev–Trinajstić information content (AvgIpc) is 3.15. The molecule has 0 aromatic heterocycles. The number of hydrogen-bond acceptors (Lipinski definition) is 8. The van der Waals surface area contributed by atoms with E-state index in [1.54, 1.807) is 72.8 Å². The van der Waals surface area contributed by atoms with E-state index in [0.29, 0.717) is 22.7 Å². The first-order chi connectivity index (χ1) is 17.7. The van der Waals surface area contributed by atoms with Gasteiger partial charge in [0.2, 0.25) is 11.5 Å². The molecule has 3 aromatic carbocycles. The molecule has 0 fully saturated rings. The Morgan fingerprint density at radius 1 is 0.865 bits per heavy atom. The van der Waals surface area contributed by atoms with Crippen LogP contribution in [0.1, 0.15) is 22.3 Å². The zero-order valence-electron chi connectivity index (χ0n) is 20.4. The molecule has 0 amide bonds. The molecule has 0 radical (unpaired) electrons. The summed E-state index contributed by atoms with van der Waals surface area (Å²) in [7, 11) is 4.20. The lowest BCUT2D eigenvalue weighted by Crippen LogP contribution is -2.51. The lowest BCUT2D eigenvalue weighted by Gasteiger charge is -2.35. The molecule has 0 aliphatic carbocycles. The van der Waals surface area contributed by atoms with Gasteiger partial charge >= 0.3 is 5.97 Å². The van der Waals surface area contributed by atoms with Crippen molar-refractivity contribution in [2.24, 2.45) is 0 Å². The van der Waals surface area contributed by atoms with Crippen LogP contribution in [-0.4, -0.2) is 49.7 Å². The van der Waals surface area contributed by atoms with Crippen molar-refractivity contribution >= 4 is 51.5 Å². The molecule has 0 spiro atoms. The van der Waals surface area contributed by atoms with Gasteiger partial charge in [0, 0.05) is 14.8 Å². The van der Waals surface area contributed by atoms with Crippen molar-refractivity contribution in [2.45, 2.75) is 12.1 Å². The molecule has 37 heavy (non-hydrogen) atoms. The molecular formula is C28H24INO7. The van der Waals surface area contributed by atoms with Gasteiger partial charge in [-0.2, -0.15) is 0 Å². The predicted octanol–water partition coefficient (Wildman–Crippen LogP) is 4.24. The average molecular weight is 613 g/mol. The normalized spacial score (nSPS) is 17.1. The Kier molecular flexibility index (Phi) is 7.65. The minimum absolute atomic E-state index is 0.168. The molecule has 1 N–H and O–H groups in total. The Balaban J connectivity index is 1.99. The zero-order valence-corrected chi connectivity index (χ0v) is 22.5. The quantitative estimate of drug-likeness (QED) is 0.174. The van der Waals surface area contributed by atoms with Crippen molar-refractivity contribution in [3.8, 4) is 11.5 Å². The second-order valence-corrected chi connectivity index (χ2v) is 9.47. The summed E-state index contributed by atoms with van der Waals surface area (Å²) >= 11 is 2.14. The molecule has 0 bridgehead atoms. The summed E-state index contributed by atoms with van der Waals surface area (Å²) in [4.78, 5) is 41.5. The van der Waals surface area contributed by atoms with E-state index >= 15 is 0 Å². The van der Waals surface area contributed by atoms with Gasteiger partial charge in [-0.1, -0.05) is 0 Å². The molecule has 0 saturated heterocycles. The van der Waals surface area contributed by atoms with Crippen molar-refractivity contribution in [3.05, 3.63) is 93.1 Å². The number of hydrogen-bond donors (Lipinski definition) is 1. The number of Topliss-reactive ketones (excluding diaryl/α,β-unsaturated/α-hetero) is 2. The highest BCUT2D eigenvalue weighted by molar-refractivity contribution is 14.1. The highest BCUT2D eigenvalue weighted by Gasteiger charge is 2.56. The summed E-state index contributed by atoms with van der Waals surface area (Å²) in [5.41, 5.74) is -1.36. The van der Waals surface area contributed by atoms with Crippen LogP contribution < -0.4 is 14.4 Å². The number of methoxy groups -OCH3 is 3. The third-order valence-corrected chi connectivity index (χ3v) is 6.79. The summed E-state index contributed by atoms with van der Waals surface area (Å²) < 4.78 is 16.2. The molecule has 1 atom stereocenters. The van der Waals surface area contributed by atoms with Crippen molar-refractivity contribution < 1.29 is 33.7 Å². The van der Waals surface area contributed by atoms with Crippen molar-refractivity contribution in [2.75, 3.05) is 26.2 Å². The SMILES string of the molecule is COC(=O)CC1(O)C(=O)C(C(=O)c2ccc(OC)cc2)=C(c2ccc(OC)cc2)N1c1ccc(I)cc1. The molecule has 1 aliphatic heterocycles. The topological polar surface area (TPSA) is 102 Å². The number of benzene rings is 3. The Bertz CT molecular complexity index is 1370. The van der Waals surface area contributed by atoms with Gasteiger partial charge in [-0.3, -0.25) is 14.4 Å². The fraction of sp³-hybridized carbons (Fsp3) is 0.179. The molecule has 8 nitrogen and oxygen atoms in total. The van der Waals surface area contributed by atoms with Crippen molar-refractivity contribution in [1.82, 2.24) is 0 Å². The van der Waals surface area contributed by atoms with Crippen LogP contribution in [0.4, 0.5) is 5.69 Å². The summed E-state index contributed by atoms with van der Waals surface area (Å²) in [5, 5.41) is 11.9. The number of rotatable bonds is 8. The summed E-state index contributed by atoms with van der Waals surface area (Å²) in [6.07, 6.45) is -0.687.